The molecule has 1 fully saturated rings. The quantitative estimate of drug-likeness (QED) is 0.532. The minimum absolute atomic E-state index is 0.105. The molecule has 182 valence electrons. The molecule has 2 aromatic heterocycles. The van der Waals surface area contributed by atoms with Crippen LogP contribution in [-0.4, -0.2) is 52.8 Å². The standard InChI is InChI=1S/C27H37N5O2/c1-18(2)13-23-22-7-6-8-25-26(22)20(16-32(25)17-21-14-19(3)34-30-21)15-24(29-23)27(33)28-9-12-31-10-4-5-11-31/h6-8,14,16,18,23-24,29H,4-5,9-13,15,17H2,1-3H3,(H,28,33)/t23-,24-/m0/s1. The van der Waals surface area contributed by atoms with E-state index in [1.54, 1.807) is 0 Å². The van der Waals surface area contributed by atoms with Gasteiger partial charge in [0.05, 0.1) is 12.6 Å². The Labute approximate surface area is 201 Å². The Kier molecular flexibility index (Phi) is 6.75. The summed E-state index contributed by atoms with van der Waals surface area (Å²) in [4.78, 5) is 15.7. The number of amides is 1. The summed E-state index contributed by atoms with van der Waals surface area (Å²) in [6, 6.07) is 8.42. The number of nitrogens with one attached hydrogen (secondary N) is 2. The minimum atomic E-state index is -0.247. The third-order valence-corrected chi connectivity index (χ3v) is 7.18. The lowest BCUT2D eigenvalue weighted by Crippen LogP contribution is -2.48. The Morgan fingerprint density at radius 3 is 2.85 bits per heavy atom. The van der Waals surface area contributed by atoms with Crippen molar-refractivity contribution < 1.29 is 9.32 Å². The Balaban J connectivity index is 1.42. The second-order valence-electron chi connectivity index (χ2n) is 10.4. The van der Waals surface area contributed by atoms with Gasteiger partial charge in [-0.05, 0) is 68.8 Å². The van der Waals surface area contributed by atoms with Gasteiger partial charge >= 0.3 is 0 Å². The molecule has 0 saturated carbocycles. The molecule has 0 bridgehead atoms. The van der Waals surface area contributed by atoms with Crippen molar-refractivity contribution in [1.82, 2.24) is 25.3 Å². The molecule has 0 radical (unpaired) electrons. The van der Waals surface area contributed by atoms with Crippen LogP contribution >= 0.6 is 0 Å². The third kappa shape index (κ3) is 4.91. The van der Waals surface area contributed by atoms with Gasteiger partial charge < -0.3 is 19.3 Å². The summed E-state index contributed by atoms with van der Waals surface area (Å²) in [5.41, 5.74) is 4.63. The van der Waals surface area contributed by atoms with Gasteiger partial charge in [0.2, 0.25) is 5.91 Å². The summed E-state index contributed by atoms with van der Waals surface area (Å²) in [7, 11) is 0. The van der Waals surface area contributed by atoms with Crippen LogP contribution in [0.15, 0.2) is 35.0 Å². The highest BCUT2D eigenvalue weighted by Crippen LogP contribution is 2.36. The van der Waals surface area contributed by atoms with Crippen molar-refractivity contribution >= 4 is 16.8 Å². The average Bonchev–Trinajstić information content (AvgIpc) is 3.52. The Morgan fingerprint density at radius 2 is 2.12 bits per heavy atom. The molecule has 5 rings (SSSR count). The van der Waals surface area contributed by atoms with E-state index in [1.807, 2.05) is 13.0 Å². The van der Waals surface area contributed by atoms with Crippen LogP contribution in [0.25, 0.3) is 10.9 Å². The third-order valence-electron chi connectivity index (χ3n) is 7.18. The summed E-state index contributed by atoms with van der Waals surface area (Å²) in [5.74, 6) is 1.45. The highest BCUT2D eigenvalue weighted by Gasteiger charge is 2.31. The molecule has 2 aliphatic heterocycles. The van der Waals surface area contributed by atoms with Crippen molar-refractivity contribution in [1.29, 1.82) is 0 Å². The van der Waals surface area contributed by atoms with E-state index >= 15 is 0 Å². The first kappa shape index (κ1) is 23.1. The molecule has 34 heavy (non-hydrogen) atoms. The predicted molar refractivity (Wildman–Crippen MR) is 134 cm³/mol. The number of aromatic nitrogens is 2. The smallest absolute Gasteiger partial charge is 0.237 e. The summed E-state index contributed by atoms with van der Waals surface area (Å²) in [6.07, 6.45) is 6.43. The maximum atomic E-state index is 13.3. The Hall–Kier alpha value is -2.64. The van der Waals surface area contributed by atoms with Crippen LogP contribution in [0, 0.1) is 12.8 Å². The lowest BCUT2D eigenvalue weighted by molar-refractivity contribution is -0.123. The molecule has 2 aliphatic rings. The van der Waals surface area contributed by atoms with Crippen LogP contribution in [0.5, 0.6) is 0 Å². The van der Waals surface area contributed by atoms with Crippen LogP contribution in [-0.2, 0) is 17.8 Å². The largest absolute Gasteiger partial charge is 0.361 e. The minimum Gasteiger partial charge on any atom is -0.361 e. The van der Waals surface area contributed by atoms with Gasteiger partial charge in [-0.25, -0.2) is 0 Å². The van der Waals surface area contributed by atoms with E-state index in [1.165, 1.54) is 34.9 Å². The summed E-state index contributed by atoms with van der Waals surface area (Å²) in [6.45, 7) is 11.0. The molecule has 2 atom stereocenters. The maximum Gasteiger partial charge on any atom is 0.237 e. The van der Waals surface area contributed by atoms with Crippen LogP contribution < -0.4 is 10.6 Å². The number of nitrogens with zero attached hydrogens (tertiary/aromatic N) is 3. The normalized spacial score (nSPS) is 20.8. The van der Waals surface area contributed by atoms with Crippen LogP contribution in [0.2, 0.25) is 0 Å². The van der Waals surface area contributed by atoms with Gasteiger partial charge in [0.25, 0.3) is 0 Å². The van der Waals surface area contributed by atoms with Crippen molar-refractivity contribution in [3.8, 4) is 0 Å². The molecule has 0 spiro atoms. The first-order valence-corrected chi connectivity index (χ1v) is 12.8. The molecule has 0 unspecified atom stereocenters. The molecule has 7 nitrogen and oxygen atoms in total. The fourth-order valence-corrected chi connectivity index (χ4v) is 5.62. The van der Waals surface area contributed by atoms with Gasteiger partial charge in [0, 0.05) is 42.3 Å². The number of aryl methyl sites for hydroxylation is 1. The first-order valence-electron chi connectivity index (χ1n) is 12.8. The monoisotopic (exact) mass is 463 g/mol. The zero-order valence-corrected chi connectivity index (χ0v) is 20.6. The summed E-state index contributed by atoms with van der Waals surface area (Å²) < 4.78 is 7.55. The molecule has 0 aliphatic carbocycles. The number of likely N-dealkylation sites (tertiary alicyclic amines) is 1. The molecule has 1 saturated heterocycles. The topological polar surface area (TPSA) is 75.3 Å². The predicted octanol–water partition coefficient (Wildman–Crippen LogP) is 3.80. The van der Waals surface area contributed by atoms with E-state index in [2.05, 4.69) is 63.5 Å². The van der Waals surface area contributed by atoms with Crippen molar-refractivity contribution in [2.45, 2.75) is 65.1 Å². The zero-order chi connectivity index (χ0) is 23.7. The molecule has 3 aromatic rings. The molecule has 2 N–H and O–H groups in total. The van der Waals surface area contributed by atoms with Gasteiger partial charge in [-0.3, -0.25) is 10.1 Å². The van der Waals surface area contributed by atoms with E-state index in [-0.39, 0.29) is 18.0 Å². The number of hydrogen-bond donors (Lipinski definition) is 2. The summed E-state index contributed by atoms with van der Waals surface area (Å²) in [5, 5.41) is 12.4. The molecule has 1 amide bonds. The van der Waals surface area contributed by atoms with E-state index < -0.39 is 0 Å². The Bertz CT molecular complexity index is 1140. The van der Waals surface area contributed by atoms with Crippen LogP contribution in [0.3, 0.4) is 0 Å². The Morgan fingerprint density at radius 1 is 1.29 bits per heavy atom. The van der Waals surface area contributed by atoms with Crippen molar-refractivity contribution in [2.24, 2.45) is 5.92 Å². The van der Waals surface area contributed by atoms with Crippen LogP contribution in [0.1, 0.15) is 61.7 Å². The first-order chi connectivity index (χ1) is 16.5. The molecule has 4 heterocycles. The second-order valence-corrected chi connectivity index (χ2v) is 10.4. The fraction of sp³-hybridized carbons (Fsp3) is 0.556. The van der Waals surface area contributed by atoms with E-state index in [9.17, 15) is 4.79 Å². The average molecular weight is 464 g/mol. The lowest BCUT2D eigenvalue weighted by Gasteiger charge is -2.25. The number of hydrogen-bond acceptors (Lipinski definition) is 5. The van der Waals surface area contributed by atoms with Gasteiger partial charge in [0.15, 0.2) is 0 Å². The van der Waals surface area contributed by atoms with Gasteiger partial charge in [-0.15, -0.1) is 0 Å². The van der Waals surface area contributed by atoms with Crippen LogP contribution in [0.4, 0.5) is 0 Å². The SMILES string of the molecule is Cc1cc(Cn2cc3c4c(cccc42)[C@H](CC(C)C)N[C@H](C(=O)NCCN2CCCC2)C3)no1. The maximum absolute atomic E-state index is 13.3. The van der Waals surface area contributed by atoms with Gasteiger partial charge in [-0.2, -0.15) is 0 Å². The number of carbonyl (C=O) groups excluding carboxylic acids is 1. The van der Waals surface area contributed by atoms with Crippen molar-refractivity contribution in [2.75, 3.05) is 26.2 Å². The van der Waals surface area contributed by atoms with E-state index in [0.717, 1.165) is 37.5 Å². The van der Waals surface area contributed by atoms with E-state index in [0.29, 0.717) is 25.4 Å². The number of carbonyl (C=O) groups is 1. The molecular weight excluding hydrogens is 426 g/mol. The highest BCUT2D eigenvalue weighted by molar-refractivity contribution is 5.90. The number of benzene rings is 1. The number of rotatable bonds is 8. The molecule has 7 heteroatoms. The van der Waals surface area contributed by atoms with Gasteiger partial charge in [-0.1, -0.05) is 31.1 Å². The lowest BCUT2D eigenvalue weighted by atomic mass is 9.94. The fourth-order valence-electron chi connectivity index (χ4n) is 5.62. The van der Waals surface area contributed by atoms with Crippen molar-refractivity contribution in [3.63, 3.8) is 0 Å². The second kappa shape index (κ2) is 9.92. The van der Waals surface area contributed by atoms with Crippen molar-refractivity contribution in [3.05, 3.63) is 53.0 Å². The summed E-state index contributed by atoms with van der Waals surface area (Å²) >= 11 is 0. The highest BCUT2D eigenvalue weighted by atomic mass is 16.5. The zero-order valence-electron chi connectivity index (χ0n) is 20.6. The molecule has 1 aromatic carbocycles. The molecular formula is C27H37N5O2. The van der Waals surface area contributed by atoms with E-state index in [4.69, 9.17) is 4.52 Å². The van der Waals surface area contributed by atoms with Gasteiger partial charge in [0.1, 0.15) is 11.5 Å².